The van der Waals surface area contributed by atoms with E-state index in [1.807, 2.05) is 0 Å². The first kappa shape index (κ1) is 38.5. The van der Waals surface area contributed by atoms with Crippen LogP contribution in [0.15, 0.2) is 17.1 Å². The molecule has 0 unspecified atom stereocenters. The zero-order valence-corrected chi connectivity index (χ0v) is 27.7. The lowest BCUT2D eigenvalue weighted by Crippen LogP contribution is -1.85. The summed E-state index contributed by atoms with van der Waals surface area (Å²) in [7, 11) is 0. The second-order valence-corrected chi connectivity index (χ2v) is 12.5. The highest BCUT2D eigenvalue weighted by Crippen LogP contribution is 2.16. The quantitative estimate of drug-likeness (QED) is 0.0329. The van der Waals surface area contributed by atoms with Crippen molar-refractivity contribution >= 4 is 17.4 Å². The number of thiocarbonyl (C=S) groups is 1. The Balaban J connectivity index is 3.06. The molecule has 0 aromatic rings. The van der Waals surface area contributed by atoms with Crippen LogP contribution in [-0.2, 0) is 0 Å². The molecule has 0 heterocycles. The Hall–Kier alpha value is -0.460. The summed E-state index contributed by atoms with van der Waals surface area (Å²) in [5.41, 5.74) is 0. The number of allylic oxidation sites excluding steroid dienone is 2. The van der Waals surface area contributed by atoms with Crippen molar-refractivity contribution in [2.24, 2.45) is 4.99 Å². The summed E-state index contributed by atoms with van der Waals surface area (Å²) >= 11 is 4.59. The molecule has 0 atom stereocenters. The summed E-state index contributed by atoms with van der Waals surface area (Å²) in [6.07, 6.45) is 50.5. The van der Waals surface area contributed by atoms with E-state index in [0.717, 1.165) is 6.54 Å². The molecular weight excluding hydrogens is 490 g/mol. The minimum Gasteiger partial charge on any atom is -0.233 e. The van der Waals surface area contributed by atoms with E-state index in [2.05, 4.69) is 41.4 Å². The van der Waals surface area contributed by atoms with Gasteiger partial charge in [0.25, 0.3) is 0 Å². The van der Waals surface area contributed by atoms with Crippen LogP contribution >= 0.6 is 12.2 Å². The molecule has 0 fully saturated rings. The van der Waals surface area contributed by atoms with Gasteiger partial charge in [-0.25, -0.2) is 4.99 Å². The predicted octanol–water partition coefficient (Wildman–Crippen LogP) is 14.1. The van der Waals surface area contributed by atoms with E-state index >= 15 is 0 Å². The Morgan fingerprint density at radius 3 is 0.923 bits per heavy atom. The largest absolute Gasteiger partial charge is 0.233 e. The van der Waals surface area contributed by atoms with Crippen LogP contribution in [0.25, 0.3) is 0 Å². The molecular formula is C37H71NS. The van der Waals surface area contributed by atoms with Gasteiger partial charge in [0, 0.05) is 6.54 Å². The van der Waals surface area contributed by atoms with Crippen LogP contribution in [0, 0.1) is 0 Å². The summed E-state index contributed by atoms with van der Waals surface area (Å²) in [6.45, 7) is 3.17. The first-order valence-electron chi connectivity index (χ1n) is 18.1. The van der Waals surface area contributed by atoms with Crippen LogP contribution in [0.3, 0.4) is 0 Å². The fourth-order valence-electron chi connectivity index (χ4n) is 5.67. The van der Waals surface area contributed by atoms with Crippen molar-refractivity contribution in [1.29, 1.82) is 0 Å². The molecule has 0 aliphatic rings. The lowest BCUT2D eigenvalue weighted by Gasteiger charge is -2.04. The fourth-order valence-corrected chi connectivity index (χ4v) is 5.76. The first-order chi connectivity index (χ1) is 19.4. The molecule has 1 nitrogen and oxygen atoms in total. The summed E-state index contributed by atoms with van der Waals surface area (Å²) in [5.74, 6) is 0. The minimum absolute atomic E-state index is 0.877. The van der Waals surface area contributed by atoms with E-state index in [0.29, 0.717) is 0 Å². The highest BCUT2D eigenvalue weighted by Gasteiger charge is 1.96. The Morgan fingerprint density at radius 1 is 0.385 bits per heavy atom. The van der Waals surface area contributed by atoms with Gasteiger partial charge in [0.2, 0.25) is 0 Å². The van der Waals surface area contributed by atoms with Crippen LogP contribution in [-0.4, -0.2) is 11.7 Å². The van der Waals surface area contributed by atoms with E-state index in [4.69, 9.17) is 0 Å². The third-order valence-corrected chi connectivity index (χ3v) is 8.48. The molecule has 0 aliphatic carbocycles. The van der Waals surface area contributed by atoms with Gasteiger partial charge in [0.15, 0.2) is 0 Å². The Labute approximate surface area is 252 Å². The molecule has 0 N–H and O–H groups in total. The topological polar surface area (TPSA) is 12.4 Å². The monoisotopic (exact) mass is 562 g/mol. The van der Waals surface area contributed by atoms with Crippen molar-refractivity contribution in [3.05, 3.63) is 12.2 Å². The number of hydrogen-bond acceptors (Lipinski definition) is 2. The number of rotatable bonds is 34. The van der Waals surface area contributed by atoms with Crippen LogP contribution in [0.4, 0.5) is 0 Å². The SMILES string of the molecule is CCCCCCCCC=CCCCCCCCCCCCCCCCCCCCCCCCCCCN=C=S. The van der Waals surface area contributed by atoms with Crippen LogP contribution in [0.2, 0.25) is 0 Å². The molecule has 0 spiro atoms. The van der Waals surface area contributed by atoms with Crippen molar-refractivity contribution in [2.75, 3.05) is 6.54 Å². The zero-order chi connectivity index (χ0) is 28.2. The van der Waals surface area contributed by atoms with Crippen molar-refractivity contribution in [2.45, 2.75) is 212 Å². The second-order valence-electron chi connectivity index (χ2n) is 12.3. The molecule has 230 valence electrons. The highest BCUT2D eigenvalue weighted by molar-refractivity contribution is 7.78. The molecule has 0 bridgehead atoms. The molecule has 2 heteroatoms. The maximum atomic E-state index is 4.59. The van der Waals surface area contributed by atoms with Gasteiger partial charge in [-0.1, -0.05) is 192 Å². The number of hydrogen-bond donors (Lipinski definition) is 0. The third kappa shape index (κ3) is 37.5. The number of nitrogens with zero attached hydrogens (tertiary/aromatic N) is 1. The maximum Gasteiger partial charge on any atom is 0.0584 e. The number of isothiocyanates is 1. The van der Waals surface area contributed by atoms with Gasteiger partial charge in [-0.15, -0.1) is 0 Å². The fraction of sp³-hybridized carbons (Fsp3) is 0.919. The molecule has 0 saturated carbocycles. The van der Waals surface area contributed by atoms with Gasteiger partial charge in [0.1, 0.15) is 0 Å². The molecule has 0 aliphatic heterocycles. The van der Waals surface area contributed by atoms with Crippen LogP contribution in [0.1, 0.15) is 212 Å². The van der Waals surface area contributed by atoms with E-state index < -0.39 is 0 Å². The van der Waals surface area contributed by atoms with E-state index in [1.54, 1.807) is 0 Å². The lowest BCUT2D eigenvalue weighted by molar-refractivity contribution is 0.517. The molecule has 0 amide bonds. The lowest BCUT2D eigenvalue weighted by atomic mass is 10.0. The van der Waals surface area contributed by atoms with Crippen LogP contribution in [0.5, 0.6) is 0 Å². The maximum absolute atomic E-state index is 4.59. The van der Waals surface area contributed by atoms with Gasteiger partial charge in [-0.2, -0.15) is 0 Å². The molecule has 0 aromatic heterocycles. The molecule has 0 rings (SSSR count). The zero-order valence-electron chi connectivity index (χ0n) is 26.8. The van der Waals surface area contributed by atoms with E-state index in [1.165, 1.54) is 205 Å². The number of aliphatic imine (C=N–C) groups is 1. The van der Waals surface area contributed by atoms with Crippen molar-refractivity contribution in [3.63, 3.8) is 0 Å². The van der Waals surface area contributed by atoms with Gasteiger partial charge < -0.3 is 0 Å². The third-order valence-electron chi connectivity index (χ3n) is 8.35. The van der Waals surface area contributed by atoms with Crippen molar-refractivity contribution in [3.8, 4) is 0 Å². The van der Waals surface area contributed by atoms with Gasteiger partial charge >= 0.3 is 0 Å². The van der Waals surface area contributed by atoms with Gasteiger partial charge in [-0.3, -0.25) is 0 Å². The van der Waals surface area contributed by atoms with Crippen LogP contribution < -0.4 is 0 Å². The summed E-state index contributed by atoms with van der Waals surface area (Å²) < 4.78 is 0. The normalized spacial score (nSPS) is 11.4. The molecule has 0 radical (unpaired) electrons. The average molecular weight is 562 g/mol. The smallest absolute Gasteiger partial charge is 0.0584 e. The Morgan fingerprint density at radius 2 is 0.641 bits per heavy atom. The molecule has 39 heavy (non-hydrogen) atoms. The summed E-state index contributed by atoms with van der Waals surface area (Å²) in [6, 6.07) is 0. The Bertz CT molecular complexity index is 508. The van der Waals surface area contributed by atoms with E-state index in [9.17, 15) is 0 Å². The molecule has 0 saturated heterocycles. The predicted molar refractivity (Wildman–Crippen MR) is 182 cm³/mol. The highest BCUT2D eigenvalue weighted by atomic mass is 32.1. The van der Waals surface area contributed by atoms with Gasteiger partial charge in [0.05, 0.1) is 5.16 Å². The standard InChI is InChI=1S/C37H71NS/c1-2-3-4-5-6-7-8-9-10-11-12-13-14-15-16-17-18-19-20-21-22-23-24-25-26-27-28-29-30-31-32-33-34-35-36-38-37-39/h9-10H,2-8,11-36H2,1H3. The Kier molecular flexibility index (Phi) is 37.1. The van der Waals surface area contributed by atoms with E-state index in [-0.39, 0.29) is 0 Å². The van der Waals surface area contributed by atoms with Crippen molar-refractivity contribution < 1.29 is 0 Å². The van der Waals surface area contributed by atoms with Crippen molar-refractivity contribution in [1.82, 2.24) is 0 Å². The second kappa shape index (κ2) is 37.5. The summed E-state index contributed by atoms with van der Waals surface area (Å²) in [4.78, 5) is 3.98. The molecule has 0 aromatic carbocycles. The minimum atomic E-state index is 0.877. The number of unbranched alkanes of at least 4 members (excludes halogenated alkanes) is 30. The average Bonchev–Trinajstić information content (AvgIpc) is 2.95. The summed E-state index contributed by atoms with van der Waals surface area (Å²) in [5, 5.41) is 2.45. The first-order valence-corrected chi connectivity index (χ1v) is 18.5. The van der Waals surface area contributed by atoms with Gasteiger partial charge in [-0.05, 0) is 44.3 Å².